The van der Waals surface area contributed by atoms with E-state index >= 15 is 0 Å². The summed E-state index contributed by atoms with van der Waals surface area (Å²) >= 11 is 6.53. The molecule has 21 heavy (non-hydrogen) atoms. The van der Waals surface area contributed by atoms with Crippen LogP contribution in [0.15, 0.2) is 33.5 Å². The SMILES string of the molecule is Cn1nccc1C(=O)OCC(=O)Nc1ncc(Br)cc1Br. The van der Waals surface area contributed by atoms with Crippen LogP contribution < -0.4 is 5.32 Å². The van der Waals surface area contributed by atoms with Gasteiger partial charge in [0.25, 0.3) is 5.91 Å². The van der Waals surface area contributed by atoms with Crippen molar-refractivity contribution in [1.29, 1.82) is 0 Å². The first-order valence-corrected chi connectivity index (χ1v) is 7.32. The minimum atomic E-state index is -0.618. The summed E-state index contributed by atoms with van der Waals surface area (Å²) in [6.45, 7) is -0.409. The predicted octanol–water partition coefficient (Wildman–Crippen LogP) is 2.14. The number of aromatic nitrogens is 3. The number of aryl methyl sites for hydroxylation is 1. The summed E-state index contributed by atoms with van der Waals surface area (Å²) in [7, 11) is 1.61. The molecule has 1 amide bonds. The normalized spacial score (nSPS) is 10.2. The van der Waals surface area contributed by atoms with Gasteiger partial charge >= 0.3 is 5.97 Å². The molecule has 0 spiro atoms. The number of ether oxygens (including phenoxy) is 1. The second kappa shape index (κ2) is 6.81. The third-order valence-electron chi connectivity index (χ3n) is 2.43. The van der Waals surface area contributed by atoms with Crippen LogP contribution in [0.5, 0.6) is 0 Å². The van der Waals surface area contributed by atoms with E-state index in [1.54, 1.807) is 19.3 Å². The van der Waals surface area contributed by atoms with Crippen LogP contribution >= 0.6 is 31.9 Å². The van der Waals surface area contributed by atoms with E-state index in [0.717, 1.165) is 4.47 Å². The highest BCUT2D eigenvalue weighted by Crippen LogP contribution is 2.23. The predicted molar refractivity (Wildman–Crippen MR) is 81.8 cm³/mol. The number of amides is 1. The van der Waals surface area contributed by atoms with Crippen LogP contribution in [-0.4, -0.2) is 33.2 Å². The second-order valence-electron chi connectivity index (χ2n) is 3.95. The number of hydrogen-bond donors (Lipinski definition) is 1. The summed E-state index contributed by atoms with van der Waals surface area (Å²) in [4.78, 5) is 27.5. The smallest absolute Gasteiger partial charge is 0.357 e. The lowest BCUT2D eigenvalue weighted by Gasteiger charge is -2.07. The maximum Gasteiger partial charge on any atom is 0.357 e. The van der Waals surface area contributed by atoms with E-state index in [1.807, 2.05) is 0 Å². The number of anilines is 1. The Hall–Kier alpha value is -1.74. The number of halogens is 2. The van der Waals surface area contributed by atoms with E-state index < -0.39 is 18.5 Å². The van der Waals surface area contributed by atoms with Crippen molar-refractivity contribution in [2.24, 2.45) is 7.05 Å². The lowest BCUT2D eigenvalue weighted by molar-refractivity contribution is -0.119. The molecule has 9 heteroatoms. The van der Waals surface area contributed by atoms with Crippen LogP contribution in [0, 0.1) is 0 Å². The monoisotopic (exact) mass is 416 g/mol. The maximum atomic E-state index is 11.7. The van der Waals surface area contributed by atoms with Gasteiger partial charge < -0.3 is 10.1 Å². The third-order valence-corrected chi connectivity index (χ3v) is 3.47. The van der Waals surface area contributed by atoms with Gasteiger partial charge in [0.2, 0.25) is 0 Å². The molecule has 7 nitrogen and oxygen atoms in total. The number of esters is 1. The van der Waals surface area contributed by atoms with Crippen molar-refractivity contribution in [3.8, 4) is 0 Å². The number of carbonyl (C=O) groups is 2. The number of pyridine rings is 1. The van der Waals surface area contributed by atoms with Crippen molar-refractivity contribution >= 4 is 49.6 Å². The zero-order chi connectivity index (χ0) is 15.4. The highest BCUT2D eigenvalue weighted by atomic mass is 79.9. The Labute approximate surface area is 136 Å². The molecule has 0 saturated carbocycles. The van der Waals surface area contributed by atoms with E-state index in [2.05, 4.69) is 47.3 Å². The van der Waals surface area contributed by atoms with Gasteiger partial charge in [-0.1, -0.05) is 0 Å². The molecule has 2 rings (SSSR count). The fourth-order valence-electron chi connectivity index (χ4n) is 1.45. The summed E-state index contributed by atoms with van der Waals surface area (Å²) in [6, 6.07) is 3.25. The van der Waals surface area contributed by atoms with Gasteiger partial charge in [0.05, 0.1) is 4.47 Å². The fraction of sp³-hybridized carbons (Fsp3) is 0.167. The van der Waals surface area contributed by atoms with Crippen LogP contribution in [0.2, 0.25) is 0 Å². The Bertz CT molecular complexity index is 687. The van der Waals surface area contributed by atoms with Crippen molar-refractivity contribution < 1.29 is 14.3 Å². The third kappa shape index (κ3) is 4.11. The number of carbonyl (C=O) groups excluding carboxylic acids is 2. The molecule has 2 aromatic heterocycles. The number of nitrogens with zero attached hydrogens (tertiary/aromatic N) is 3. The van der Waals surface area contributed by atoms with Gasteiger partial charge in [-0.05, 0) is 44.0 Å². The van der Waals surface area contributed by atoms with E-state index in [9.17, 15) is 9.59 Å². The Kier molecular flexibility index (Phi) is 5.07. The zero-order valence-corrected chi connectivity index (χ0v) is 14.0. The van der Waals surface area contributed by atoms with Crippen molar-refractivity contribution in [2.45, 2.75) is 0 Å². The van der Waals surface area contributed by atoms with Gasteiger partial charge in [-0.15, -0.1) is 0 Å². The Morgan fingerprint density at radius 2 is 2.19 bits per heavy atom. The number of nitrogens with one attached hydrogen (secondary N) is 1. The second-order valence-corrected chi connectivity index (χ2v) is 5.72. The zero-order valence-electron chi connectivity index (χ0n) is 10.8. The average molecular weight is 418 g/mol. The summed E-state index contributed by atoms with van der Waals surface area (Å²) in [6.07, 6.45) is 3.02. The molecular formula is C12H10Br2N4O3. The van der Waals surface area contributed by atoms with Crippen molar-refractivity contribution in [3.63, 3.8) is 0 Å². The highest BCUT2D eigenvalue weighted by Gasteiger charge is 2.14. The molecular weight excluding hydrogens is 408 g/mol. The van der Waals surface area contributed by atoms with Gasteiger partial charge in [0.15, 0.2) is 6.61 Å². The molecule has 0 atom stereocenters. The van der Waals surface area contributed by atoms with E-state index in [1.165, 1.54) is 16.9 Å². The van der Waals surface area contributed by atoms with E-state index in [-0.39, 0.29) is 5.69 Å². The van der Waals surface area contributed by atoms with Crippen LogP contribution in [0.4, 0.5) is 5.82 Å². The van der Waals surface area contributed by atoms with Gasteiger partial charge in [0, 0.05) is 23.9 Å². The molecule has 110 valence electrons. The van der Waals surface area contributed by atoms with Crippen molar-refractivity contribution in [1.82, 2.24) is 14.8 Å². The lowest BCUT2D eigenvalue weighted by atomic mass is 10.4. The standard InChI is InChI=1S/C12H10Br2N4O3/c1-18-9(2-3-16-18)12(20)21-6-10(19)17-11-8(14)4-7(13)5-15-11/h2-5H,6H2,1H3,(H,15,17,19). The summed E-state index contributed by atoms with van der Waals surface area (Å²) in [5.74, 6) is -0.756. The van der Waals surface area contributed by atoms with Crippen LogP contribution in [0.3, 0.4) is 0 Å². The molecule has 0 aliphatic carbocycles. The van der Waals surface area contributed by atoms with Crippen molar-refractivity contribution in [3.05, 3.63) is 39.2 Å². The molecule has 0 aliphatic heterocycles. The number of hydrogen-bond acceptors (Lipinski definition) is 5. The van der Waals surface area contributed by atoms with Crippen molar-refractivity contribution in [2.75, 3.05) is 11.9 Å². The van der Waals surface area contributed by atoms with Crippen LogP contribution in [-0.2, 0) is 16.6 Å². The molecule has 0 saturated heterocycles. The Morgan fingerprint density at radius 1 is 1.43 bits per heavy atom. The number of rotatable bonds is 4. The lowest BCUT2D eigenvalue weighted by Crippen LogP contribution is -2.22. The van der Waals surface area contributed by atoms with E-state index in [0.29, 0.717) is 10.3 Å². The molecule has 1 N–H and O–H groups in total. The molecule has 0 bridgehead atoms. The average Bonchev–Trinajstić information content (AvgIpc) is 2.85. The largest absolute Gasteiger partial charge is 0.451 e. The van der Waals surface area contributed by atoms with E-state index in [4.69, 9.17) is 4.74 Å². The maximum absolute atomic E-state index is 11.7. The topological polar surface area (TPSA) is 86.1 Å². The molecule has 0 radical (unpaired) electrons. The first kappa shape index (κ1) is 15.6. The minimum Gasteiger partial charge on any atom is -0.451 e. The molecule has 2 heterocycles. The molecule has 2 aromatic rings. The first-order valence-electron chi connectivity index (χ1n) is 5.73. The summed E-state index contributed by atoms with van der Waals surface area (Å²) in [5, 5.41) is 6.38. The van der Waals surface area contributed by atoms with Gasteiger partial charge in [-0.2, -0.15) is 5.10 Å². The van der Waals surface area contributed by atoms with Gasteiger partial charge in [-0.3, -0.25) is 9.48 Å². The fourth-order valence-corrected chi connectivity index (χ4v) is 2.54. The first-order chi connectivity index (χ1) is 9.97. The van der Waals surface area contributed by atoms with Gasteiger partial charge in [-0.25, -0.2) is 9.78 Å². The minimum absolute atomic E-state index is 0.269. The molecule has 0 fully saturated rings. The van der Waals surface area contributed by atoms with Crippen LogP contribution in [0.1, 0.15) is 10.5 Å². The summed E-state index contributed by atoms with van der Waals surface area (Å²) < 4.78 is 7.66. The summed E-state index contributed by atoms with van der Waals surface area (Å²) in [5.41, 5.74) is 0.269. The highest BCUT2D eigenvalue weighted by molar-refractivity contribution is 9.11. The Balaban J connectivity index is 1.90. The molecule has 0 aliphatic rings. The quantitative estimate of drug-likeness (QED) is 0.770. The van der Waals surface area contributed by atoms with Crippen LogP contribution in [0.25, 0.3) is 0 Å². The molecule has 0 unspecified atom stereocenters. The Morgan fingerprint density at radius 3 is 2.81 bits per heavy atom. The van der Waals surface area contributed by atoms with Gasteiger partial charge in [0.1, 0.15) is 11.5 Å². The molecule has 0 aromatic carbocycles.